The summed E-state index contributed by atoms with van der Waals surface area (Å²) < 4.78 is 0. The fraction of sp³-hybridized carbons (Fsp3) is 0.632. The number of carbonyl (C=O) groups is 1. The molecule has 5 aliphatic carbocycles. The molecule has 0 heterocycles. The molecule has 3 fully saturated rings. The van der Waals surface area contributed by atoms with E-state index in [1.165, 1.54) is 43.3 Å². The predicted octanol–water partition coefficient (Wildman–Crippen LogP) is 4.21. The van der Waals surface area contributed by atoms with Crippen LogP contribution in [0.4, 0.5) is 0 Å². The Morgan fingerprint density at radius 2 is 2.00 bits per heavy atom. The highest BCUT2D eigenvalue weighted by atomic mass is 16.1. The molecule has 0 unspecified atom stereocenters. The molecule has 0 amide bonds. The molecule has 0 aliphatic heterocycles. The summed E-state index contributed by atoms with van der Waals surface area (Å²) >= 11 is 0. The highest BCUT2D eigenvalue weighted by Gasteiger charge is 2.63. The average Bonchev–Trinajstić information content (AvgIpc) is 3.16. The SMILES string of the molecule is C[C@]12CCC3=C4C=CC(=O)C=C4CC[C@H]3[C@@H]1C[C@H]1C[C@H]12. The second-order valence-corrected chi connectivity index (χ2v) is 7.94. The van der Waals surface area contributed by atoms with Crippen LogP contribution in [0.1, 0.15) is 45.4 Å². The van der Waals surface area contributed by atoms with Gasteiger partial charge in [-0.05, 0) is 90.9 Å². The molecule has 1 heteroatoms. The van der Waals surface area contributed by atoms with Crippen LogP contribution in [-0.2, 0) is 4.79 Å². The minimum atomic E-state index is 0.186. The summed E-state index contributed by atoms with van der Waals surface area (Å²) in [6.45, 7) is 2.59. The molecule has 1 nitrogen and oxygen atoms in total. The fourth-order valence-electron chi connectivity index (χ4n) is 6.12. The van der Waals surface area contributed by atoms with E-state index < -0.39 is 0 Å². The standard InChI is InChI=1S/C19H22O/c1-19-7-6-15-14-5-3-13(20)8-11(14)2-4-16(15)18(19)10-12-9-17(12)19/h3,5,8,12,16-18H,2,4,6-7,9-10H2,1H3/t12-,16-,17-,18+,19-/m1/s1. The maximum absolute atomic E-state index is 11.6. The summed E-state index contributed by atoms with van der Waals surface area (Å²) in [4.78, 5) is 11.6. The van der Waals surface area contributed by atoms with Gasteiger partial charge in [0.05, 0.1) is 0 Å². The third kappa shape index (κ3) is 1.32. The third-order valence-corrected chi connectivity index (χ3v) is 7.19. The molecule has 5 aliphatic rings. The number of hydrogen-bond acceptors (Lipinski definition) is 1. The van der Waals surface area contributed by atoms with Crippen LogP contribution in [-0.4, -0.2) is 5.78 Å². The van der Waals surface area contributed by atoms with Crippen molar-refractivity contribution in [3.05, 3.63) is 34.9 Å². The Labute approximate surface area is 120 Å². The first-order chi connectivity index (χ1) is 9.67. The van der Waals surface area contributed by atoms with Crippen LogP contribution >= 0.6 is 0 Å². The molecule has 104 valence electrons. The minimum Gasteiger partial charge on any atom is -0.290 e. The lowest BCUT2D eigenvalue weighted by Crippen LogP contribution is -2.39. The van der Waals surface area contributed by atoms with E-state index in [9.17, 15) is 4.79 Å². The lowest BCUT2D eigenvalue weighted by atomic mass is 9.56. The Morgan fingerprint density at radius 1 is 1.15 bits per heavy atom. The van der Waals surface area contributed by atoms with Gasteiger partial charge in [0.2, 0.25) is 0 Å². The molecule has 0 radical (unpaired) electrons. The van der Waals surface area contributed by atoms with Gasteiger partial charge in [-0.1, -0.05) is 18.6 Å². The highest BCUT2D eigenvalue weighted by Crippen LogP contribution is 2.71. The third-order valence-electron chi connectivity index (χ3n) is 7.19. The molecule has 20 heavy (non-hydrogen) atoms. The van der Waals surface area contributed by atoms with Crippen LogP contribution in [0.25, 0.3) is 0 Å². The zero-order chi connectivity index (χ0) is 13.5. The zero-order valence-electron chi connectivity index (χ0n) is 12.2. The zero-order valence-corrected chi connectivity index (χ0v) is 12.2. The maximum Gasteiger partial charge on any atom is 0.178 e. The number of rotatable bonds is 0. The molecule has 0 spiro atoms. The minimum absolute atomic E-state index is 0.186. The van der Waals surface area contributed by atoms with Gasteiger partial charge in [0.15, 0.2) is 5.78 Å². The molecule has 0 saturated heterocycles. The van der Waals surface area contributed by atoms with E-state index in [0.717, 1.165) is 30.1 Å². The van der Waals surface area contributed by atoms with Crippen LogP contribution in [0, 0.1) is 29.1 Å². The van der Waals surface area contributed by atoms with Gasteiger partial charge in [0.25, 0.3) is 0 Å². The first-order valence-electron chi connectivity index (χ1n) is 8.33. The van der Waals surface area contributed by atoms with Crippen LogP contribution in [0.2, 0.25) is 0 Å². The molecule has 0 N–H and O–H groups in total. The lowest BCUT2D eigenvalue weighted by molar-refractivity contribution is -0.110. The van der Waals surface area contributed by atoms with Crippen molar-refractivity contribution in [1.82, 2.24) is 0 Å². The van der Waals surface area contributed by atoms with Gasteiger partial charge >= 0.3 is 0 Å². The molecule has 0 aromatic carbocycles. The quantitative estimate of drug-likeness (QED) is 0.641. The number of allylic oxidation sites excluding steroid dienone is 6. The fourth-order valence-corrected chi connectivity index (χ4v) is 6.12. The first kappa shape index (κ1) is 11.5. The average molecular weight is 266 g/mol. The maximum atomic E-state index is 11.6. The summed E-state index contributed by atoms with van der Waals surface area (Å²) in [7, 11) is 0. The van der Waals surface area contributed by atoms with Gasteiger partial charge in [0, 0.05) is 0 Å². The lowest BCUT2D eigenvalue weighted by Gasteiger charge is -2.48. The van der Waals surface area contributed by atoms with Gasteiger partial charge in [-0.3, -0.25) is 4.79 Å². The van der Waals surface area contributed by atoms with E-state index in [1.807, 2.05) is 6.08 Å². The van der Waals surface area contributed by atoms with Crippen molar-refractivity contribution in [3.63, 3.8) is 0 Å². The van der Waals surface area contributed by atoms with Crippen LogP contribution in [0.15, 0.2) is 34.9 Å². The molecule has 5 atom stereocenters. The summed E-state index contributed by atoms with van der Waals surface area (Å²) in [6, 6.07) is 0. The number of ketones is 1. The van der Waals surface area contributed by atoms with Crippen LogP contribution in [0.5, 0.6) is 0 Å². The highest BCUT2D eigenvalue weighted by molar-refractivity contribution is 6.02. The van der Waals surface area contributed by atoms with Crippen molar-refractivity contribution in [2.24, 2.45) is 29.1 Å². The van der Waals surface area contributed by atoms with E-state index >= 15 is 0 Å². The Morgan fingerprint density at radius 3 is 2.90 bits per heavy atom. The second kappa shape index (κ2) is 3.55. The normalized spacial score (nSPS) is 48.2. The Bertz CT molecular complexity index is 605. The Hall–Kier alpha value is -1.11. The van der Waals surface area contributed by atoms with Gasteiger partial charge < -0.3 is 0 Å². The number of hydrogen-bond donors (Lipinski definition) is 0. The first-order valence-corrected chi connectivity index (χ1v) is 8.33. The van der Waals surface area contributed by atoms with Crippen molar-refractivity contribution in [3.8, 4) is 0 Å². The van der Waals surface area contributed by atoms with Gasteiger partial charge in [-0.25, -0.2) is 0 Å². The summed E-state index contributed by atoms with van der Waals surface area (Å²) in [5.41, 5.74) is 5.13. The molecular weight excluding hydrogens is 244 g/mol. The topological polar surface area (TPSA) is 17.1 Å². The van der Waals surface area contributed by atoms with Crippen LogP contribution in [0.3, 0.4) is 0 Å². The molecule has 0 aromatic rings. The second-order valence-electron chi connectivity index (χ2n) is 7.94. The largest absolute Gasteiger partial charge is 0.290 e. The molecule has 0 aromatic heterocycles. The van der Waals surface area contributed by atoms with Gasteiger partial charge in [0.1, 0.15) is 0 Å². The Balaban J connectivity index is 1.58. The van der Waals surface area contributed by atoms with Crippen molar-refractivity contribution in [1.29, 1.82) is 0 Å². The molecule has 3 saturated carbocycles. The molecule has 5 rings (SSSR count). The van der Waals surface area contributed by atoms with E-state index in [1.54, 1.807) is 11.6 Å². The molecular formula is C19H22O. The summed E-state index contributed by atoms with van der Waals surface area (Å²) in [5, 5.41) is 0. The van der Waals surface area contributed by atoms with Crippen molar-refractivity contribution in [2.45, 2.75) is 45.4 Å². The monoisotopic (exact) mass is 266 g/mol. The van der Waals surface area contributed by atoms with Crippen LogP contribution < -0.4 is 0 Å². The predicted molar refractivity (Wildman–Crippen MR) is 79.0 cm³/mol. The van der Waals surface area contributed by atoms with Gasteiger partial charge in [-0.15, -0.1) is 0 Å². The smallest absolute Gasteiger partial charge is 0.178 e. The number of carbonyl (C=O) groups excluding carboxylic acids is 1. The van der Waals surface area contributed by atoms with Crippen molar-refractivity contribution in [2.75, 3.05) is 0 Å². The van der Waals surface area contributed by atoms with E-state index in [-0.39, 0.29) is 5.78 Å². The van der Waals surface area contributed by atoms with E-state index in [0.29, 0.717) is 5.41 Å². The molecule has 0 bridgehead atoms. The van der Waals surface area contributed by atoms with Gasteiger partial charge in [-0.2, -0.15) is 0 Å². The van der Waals surface area contributed by atoms with E-state index in [4.69, 9.17) is 0 Å². The summed E-state index contributed by atoms with van der Waals surface area (Å²) in [6.07, 6.45) is 13.9. The van der Waals surface area contributed by atoms with Crippen molar-refractivity contribution >= 4 is 5.78 Å². The van der Waals surface area contributed by atoms with E-state index in [2.05, 4.69) is 13.0 Å². The number of fused-ring (bicyclic) bond motifs is 6. The Kier molecular flexibility index (Phi) is 2.05. The summed E-state index contributed by atoms with van der Waals surface area (Å²) in [5.74, 6) is 4.07. The van der Waals surface area contributed by atoms with Crippen molar-refractivity contribution < 1.29 is 4.79 Å².